The average Bonchev–Trinajstić information content (AvgIpc) is 2.41. The highest BCUT2D eigenvalue weighted by Gasteiger charge is 2.56. The lowest BCUT2D eigenvalue weighted by atomic mass is 9.55. The van der Waals surface area contributed by atoms with Crippen molar-refractivity contribution in [2.75, 3.05) is 0 Å². The van der Waals surface area contributed by atoms with E-state index in [1.807, 2.05) is 0 Å². The lowest BCUT2D eigenvalue weighted by Gasteiger charge is -2.52. The molecule has 84 valence electrons. The van der Waals surface area contributed by atoms with E-state index in [1.165, 1.54) is 12.8 Å². The fraction of sp³-hybridized carbons (Fsp3) is 0.923. The molecule has 0 unspecified atom stereocenters. The zero-order valence-electron chi connectivity index (χ0n) is 9.63. The van der Waals surface area contributed by atoms with Gasteiger partial charge >= 0.3 is 0 Å². The van der Waals surface area contributed by atoms with Crippen LogP contribution in [0.25, 0.3) is 0 Å². The van der Waals surface area contributed by atoms with Gasteiger partial charge in [-0.05, 0) is 31.6 Å². The van der Waals surface area contributed by atoms with Gasteiger partial charge in [-0.25, -0.2) is 0 Å². The second-order valence-corrected chi connectivity index (χ2v) is 5.65. The number of nitrogens with zero attached hydrogens (tertiary/aromatic N) is 1. The molecule has 0 aliphatic heterocycles. The van der Waals surface area contributed by atoms with Crippen LogP contribution < -0.4 is 0 Å². The van der Waals surface area contributed by atoms with Gasteiger partial charge < -0.3 is 5.11 Å². The van der Waals surface area contributed by atoms with Crippen LogP contribution in [0.4, 0.5) is 0 Å². The quantitative estimate of drug-likeness (QED) is 0.672. The smallest absolute Gasteiger partial charge is 0.0860 e. The minimum Gasteiger partial charge on any atom is -0.388 e. The molecule has 2 heteroatoms. The third kappa shape index (κ3) is 1.67. The number of aliphatic hydroxyl groups is 1. The second kappa shape index (κ2) is 3.79. The number of nitriles is 1. The summed E-state index contributed by atoms with van der Waals surface area (Å²) in [7, 11) is 0. The Morgan fingerprint density at radius 3 is 2.07 bits per heavy atom. The summed E-state index contributed by atoms with van der Waals surface area (Å²) in [5.74, 6) is 0.600. The Morgan fingerprint density at radius 2 is 1.67 bits per heavy atom. The first-order valence-electron chi connectivity index (χ1n) is 6.26. The molecule has 2 rings (SSSR count). The van der Waals surface area contributed by atoms with Crippen LogP contribution in [0.2, 0.25) is 0 Å². The zero-order chi connectivity index (χ0) is 10.9. The van der Waals surface area contributed by atoms with E-state index < -0.39 is 11.0 Å². The maximum Gasteiger partial charge on any atom is 0.0860 e. The van der Waals surface area contributed by atoms with Crippen LogP contribution in [0.5, 0.6) is 0 Å². The Kier molecular flexibility index (Phi) is 2.77. The number of hydrogen-bond acceptors (Lipinski definition) is 2. The third-order valence-electron chi connectivity index (χ3n) is 4.43. The van der Waals surface area contributed by atoms with E-state index >= 15 is 0 Å². The van der Waals surface area contributed by atoms with Crippen molar-refractivity contribution in [1.29, 1.82) is 5.26 Å². The maximum atomic E-state index is 10.6. The molecule has 2 nitrogen and oxygen atoms in total. The molecule has 0 aromatic heterocycles. The molecule has 0 heterocycles. The van der Waals surface area contributed by atoms with Gasteiger partial charge in [-0.2, -0.15) is 5.26 Å². The Morgan fingerprint density at radius 1 is 1.13 bits per heavy atom. The Labute approximate surface area is 92.3 Å². The molecule has 0 spiro atoms. The summed E-state index contributed by atoms with van der Waals surface area (Å²) >= 11 is 0. The van der Waals surface area contributed by atoms with Crippen molar-refractivity contribution in [3.05, 3.63) is 0 Å². The molecule has 0 aromatic carbocycles. The summed E-state index contributed by atoms with van der Waals surface area (Å²) in [6.45, 7) is 2.16. The SMILES string of the molecule is CC1CC(O)(C2(C#N)CCCCCC2)C1. The van der Waals surface area contributed by atoms with Crippen LogP contribution in [0.1, 0.15) is 58.3 Å². The predicted octanol–water partition coefficient (Wildman–Crippen LogP) is 3.01. The van der Waals surface area contributed by atoms with Gasteiger partial charge in [-0.15, -0.1) is 0 Å². The van der Waals surface area contributed by atoms with Crippen molar-refractivity contribution in [1.82, 2.24) is 0 Å². The molecule has 15 heavy (non-hydrogen) atoms. The van der Waals surface area contributed by atoms with Crippen LogP contribution >= 0.6 is 0 Å². The molecule has 0 amide bonds. The lowest BCUT2D eigenvalue weighted by molar-refractivity contribution is -0.146. The Bertz CT molecular complexity index is 265. The maximum absolute atomic E-state index is 10.6. The first-order chi connectivity index (χ1) is 7.12. The van der Waals surface area contributed by atoms with Crippen LogP contribution in [0.3, 0.4) is 0 Å². The standard InChI is InChI=1S/C13H21NO/c1-11-8-13(15,9-11)12(10-14)6-4-2-3-5-7-12/h11,15H,2-9H2,1H3. The van der Waals surface area contributed by atoms with Gasteiger partial charge in [0, 0.05) is 0 Å². The van der Waals surface area contributed by atoms with Crippen molar-refractivity contribution in [2.45, 2.75) is 63.9 Å². The van der Waals surface area contributed by atoms with E-state index in [2.05, 4.69) is 13.0 Å². The fourth-order valence-corrected chi connectivity index (χ4v) is 3.50. The molecular formula is C13H21NO. The van der Waals surface area contributed by atoms with E-state index in [9.17, 15) is 10.4 Å². The van der Waals surface area contributed by atoms with Gasteiger partial charge in [0.05, 0.1) is 17.1 Å². The highest BCUT2D eigenvalue weighted by atomic mass is 16.3. The zero-order valence-corrected chi connectivity index (χ0v) is 9.63. The van der Waals surface area contributed by atoms with Gasteiger partial charge in [0.2, 0.25) is 0 Å². The predicted molar refractivity (Wildman–Crippen MR) is 59.1 cm³/mol. The summed E-state index contributed by atoms with van der Waals surface area (Å²) in [4.78, 5) is 0. The van der Waals surface area contributed by atoms with Gasteiger partial charge in [-0.1, -0.05) is 32.6 Å². The Hall–Kier alpha value is -0.550. The Balaban J connectivity index is 2.17. The topological polar surface area (TPSA) is 44.0 Å². The molecule has 1 N–H and O–H groups in total. The van der Waals surface area contributed by atoms with Crippen molar-refractivity contribution >= 4 is 0 Å². The molecule has 2 fully saturated rings. The van der Waals surface area contributed by atoms with Crippen LogP contribution in [-0.4, -0.2) is 10.7 Å². The summed E-state index contributed by atoms with van der Waals surface area (Å²) in [6, 6.07) is 2.47. The molecule has 2 saturated carbocycles. The monoisotopic (exact) mass is 207 g/mol. The van der Waals surface area contributed by atoms with Crippen LogP contribution in [0.15, 0.2) is 0 Å². The first kappa shape index (κ1) is 11.0. The summed E-state index contributed by atoms with van der Waals surface area (Å²) in [5.41, 5.74) is -1.08. The van der Waals surface area contributed by atoms with E-state index in [4.69, 9.17) is 0 Å². The van der Waals surface area contributed by atoms with Gasteiger partial charge in [0.25, 0.3) is 0 Å². The van der Waals surface area contributed by atoms with Gasteiger partial charge in [-0.3, -0.25) is 0 Å². The van der Waals surface area contributed by atoms with E-state index in [0.29, 0.717) is 5.92 Å². The van der Waals surface area contributed by atoms with Crippen LogP contribution in [0, 0.1) is 22.7 Å². The summed E-state index contributed by atoms with van der Waals surface area (Å²) in [6.07, 6.45) is 8.18. The largest absolute Gasteiger partial charge is 0.388 e. The van der Waals surface area contributed by atoms with Crippen molar-refractivity contribution in [3.8, 4) is 6.07 Å². The fourth-order valence-electron chi connectivity index (χ4n) is 3.50. The first-order valence-corrected chi connectivity index (χ1v) is 6.26. The minimum absolute atomic E-state index is 0.421. The van der Waals surface area contributed by atoms with E-state index in [0.717, 1.165) is 38.5 Å². The summed E-state index contributed by atoms with van der Waals surface area (Å²) < 4.78 is 0. The third-order valence-corrected chi connectivity index (χ3v) is 4.43. The van der Waals surface area contributed by atoms with Gasteiger partial charge in [0.1, 0.15) is 0 Å². The second-order valence-electron chi connectivity index (χ2n) is 5.65. The van der Waals surface area contributed by atoms with Crippen molar-refractivity contribution in [3.63, 3.8) is 0 Å². The molecule has 0 aromatic rings. The highest BCUT2D eigenvalue weighted by molar-refractivity contribution is 5.16. The average molecular weight is 207 g/mol. The molecule has 0 bridgehead atoms. The minimum atomic E-state index is -0.661. The number of rotatable bonds is 1. The number of hydrogen-bond donors (Lipinski definition) is 1. The normalized spacial score (nSPS) is 39.9. The molecule has 0 radical (unpaired) electrons. The lowest BCUT2D eigenvalue weighted by Crippen LogP contribution is -2.55. The van der Waals surface area contributed by atoms with Crippen molar-refractivity contribution < 1.29 is 5.11 Å². The van der Waals surface area contributed by atoms with E-state index in [-0.39, 0.29) is 0 Å². The molecule has 2 aliphatic rings. The van der Waals surface area contributed by atoms with Gasteiger partial charge in [0.15, 0.2) is 0 Å². The molecular weight excluding hydrogens is 186 g/mol. The molecule has 2 aliphatic carbocycles. The van der Waals surface area contributed by atoms with E-state index in [1.54, 1.807) is 0 Å². The molecule has 0 atom stereocenters. The summed E-state index contributed by atoms with van der Waals surface area (Å²) in [5, 5.41) is 20.0. The van der Waals surface area contributed by atoms with Crippen molar-refractivity contribution in [2.24, 2.45) is 11.3 Å². The van der Waals surface area contributed by atoms with Crippen LogP contribution in [-0.2, 0) is 0 Å². The molecule has 0 saturated heterocycles. The highest BCUT2D eigenvalue weighted by Crippen LogP contribution is 2.54.